The molecule has 3 nitrogen and oxygen atoms in total. The van der Waals surface area contributed by atoms with Gasteiger partial charge in [0.05, 0.1) is 12.5 Å². The Hall–Kier alpha value is -0.830. The third kappa shape index (κ3) is 1.27. The number of aliphatic hydroxyl groups excluding tert-OH is 1. The van der Waals surface area contributed by atoms with Crippen molar-refractivity contribution in [2.45, 2.75) is 46.1 Å². The molecule has 0 saturated heterocycles. The molecule has 0 amide bonds. The van der Waals surface area contributed by atoms with Crippen LogP contribution in [-0.4, -0.2) is 22.3 Å². The topological polar surface area (TPSA) is 57.5 Å². The molecule has 0 unspecified atom stereocenters. The molecule has 2 fully saturated rings. The Balaban J connectivity index is 2.33. The lowest BCUT2D eigenvalue weighted by molar-refractivity contribution is -0.136. The van der Waals surface area contributed by atoms with Crippen molar-refractivity contribution < 1.29 is 15.0 Å². The largest absolute Gasteiger partial charge is 0.481 e. The summed E-state index contributed by atoms with van der Waals surface area (Å²) in [4.78, 5) is 10.6. The maximum Gasteiger partial charge on any atom is 0.307 e. The van der Waals surface area contributed by atoms with Gasteiger partial charge in [-0.15, -0.1) is 0 Å². The van der Waals surface area contributed by atoms with Gasteiger partial charge in [0.2, 0.25) is 0 Å². The summed E-state index contributed by atoms with van der Waals surface area (Å²) in [5, 5.41) is 19.0. The summed E-state index contributed by atoms with van der Waals surface area (Å²) in [6, 6.07) is 0. The molecule has 0 aliphatic heterocycles. The molecule has 2 bridgehead atoms. The van der Waals surface area contributed by atoms with Crippen LogP contribution < -0.4 is 0 Å². The van der Waals surface area contributed by atoms with Crippen LogP contribution in [0, 0.1) is 16.7 Å². The van der Waals surface area contributed by atoms with Crippen molar-refractivity contribution in [2.75, 3.05) is 0 Å². The number of aliphatic hydroxyl groups is 1. The zero-order valence-corrected chi connectivity index (χ0v) is 10.2. The number of rotatable bonds is 2. The molecule has 2 aliphatic rings. The van der Waals surface area contributed by atoms with Crippen LogP contribution in [0.5, 0.6) is 0 Å². The van der Waals surface area contributed by atoms with Crippen LogP contribution in [0.2, 0.25) is 0 Å². The summed E-state index contributed by atoms with van der Waals surface area (Å²) in [6.07, 6.45) is 3.40. The Labute approximate surface area is 96.2 Å². The molecule has 0 heterocycles. The maximum atomic E-state index is 10.6. The molecule has 2 rings (SSSR count). The van der Waals surface area contributed by atoms with Crippen LogP contribution >= 0.6 is 0 Å². The van der Waals surface area contributed by atoms with Crippen LogP contribution in [0.4, 0.5) is 0 Å². The van der Waals surface area contributed by atoms with Crippen molar-refractivity contribution in [2.24, 2.45) is 16.7 Å². The predicted molar refractivity (Wildman–Crippen MR) is 61.0 cm³/mol. The first kappa shape index (κ1) is 11.6. The molecule has 90 valence electrons. The molecule has 3 heteroatoms. The van der Waals surface area contributed by atoms with Crippen molar-refractivity contribution in [1.82, 2.24) is 0 Å². The zero-order valence-electron chi connectivity index (χ0n) is 10.2. The molecule has 3 atom stereocenters. The third-order valence-electron chi connectivity index (χ3n) is 5.13. The standard InChI is InChI=1S/C13H20O3/c1-12(2)9-6-7-13(12,3)11(16)8(9)4-5-10(14)15/h4,9,11,16H,5-7H2,1-3H3,(H,14,15)/b8-4-/t9-,11+,13+/m0/s1. The van der Waals surface area contributed by atoms with Gasteiger partial charge in [-0.3, -0.25) is 4.79 Å². The lowest BCUT2D eigenvalue weighted by Gasteiger charge is -2.36. The number of carboxylic acids is 1. The average molecular weight is 224 g/mol. The molecular formula is C13H20O3. The number of hydrogen-bond acceptors (Lipinski definition) is 2. The molecule has 0 aromatic heterocycles. The van der Waals surface area contributed by atoms with E-state index < -0.39 is 12.1 Å². The number of aliphatic carboxylic acids is 1. The van der Waals surface area contributed by atoms with Gasteiger partial charge in [0, 0.05) is 5.41 Å². The van der Waals surface area contributed by atoms with E-state index in [4.69, 9.17) is 5.11 Å². The lowest BCUT2D eigenvalue weighted by atomic mass is 9.70. The maximum absolute atomic E-state index is 10.6. The number of fused-ring (bicyclic) bond motifs is 2. The summed E-state index contributed by atoms with van der Waals surface area (Å²) in [6.45, 7) is 6.50. The molecule has 16 heavy (non-hydrogen) atoms. The number of carbonyl (C=O) groups is 1. The first-order chi connectivity index (χ1) is 7.30. The van der Waals surface area contributed by atoms with Gasteiger partial charge in [0.25, 0.3) is 0 Å². The second-order valence-electron chi connectivity index (χ2n) is 5.93. The van der Waals surface area contributed by atoms with E-state index in [1.54, 1.807) is 6.08 Å². The monoisotopic (exact) mass is 224 g/mol. The molecule has 0 aromatic rings. The van der Waals surface area contributed by atoms with E-state index in [0.29, 0.717) is 5.92 Å². The lowest BCUT2D eigenvalue weighted by Crippen LogP contribution is -2.35. The highest BCUT2D eigenvalue weighted by Gasteiger charge is 2.63. The van der Waals surface area contributed by atoms with Gasteiger partial charge in [-0.2, -0.15) is 0 Å². The zero-order chi connectivity index (χ0) is 12.1. The fourth-order valence-electron chi connectivity index (χ4n) is 3.62. The number of carboxylic acid groups (broad SMARTS) is 1. The van der Waals surface area contributed by atoms with Crippen molar-refractivity contribution in [3.05, 3.63) is 11.6 Å². The van der Waals surface area contributed by atoms with E-state index in [2.05, 4.69) is 20.8 Å². The normalized spacial score (nSPS) is 42.9. The SMILES string of the molecule is CC1(C)[C@H]2CC[C@]1(C)[C@H](O)/C2=C\CC(=O)O. The van der Waals surface area contributed by atoms with E-state index in [-0.39, 0.29) is 17.3 Å². The Bertz CT molecular complexity index is 356. The Morgan fingerprint density at radius 3 is 2.56 bits per heavy atom. The van der Waals surface area contributed by atoms with E-state index in [1.807, 2.05) is 0 Å². The molecular weight excluding hydrogens is 204 g/mol. The fraction of sp³-hybridized carbons (Fsp3) is 0.769. The predicted octanol–water partition coefficient (Wildman–Crippen LogP) is 2.20. The van der Waals surface area contributed by atoms with Gasteiger partial charge in [0.1, 0.15) is 0 Å². The second kappa shape index (κ2) is 3.33. The Kier molecular flexibility index (Phi) is 2.42. The Morgan fingerprint density at radius 1 is 1.50 bits per heavy atom. The van der Waals surface area contributed by atoms with E-state index >= 15 is 0 Å². The van der Waals surface area contributed by atoms with Crippen molar-refractivity contribution in [3.63, 3.8) is 0 Å². The molecule has 2 aliphatic carbocycles. The van der Waals surface area contributed by atoms with Crippen molar-refractivity contribution >= 4 is 5.97 Å². The van der Waals surface area contributed by atoms with Crippen molar-refractivity contribution in [1.29, 1.82) is 0 Å². The first-order valence-corrected chi connectivity index (χ1v) is 5.90. The highest BCUT2D eigenvalue weighted by Crippen LogP contribution is 2.67. The molecule has 2 N–H and O–H groups in total. The quantitative estimate of drug-likeness (QED) is 0.707. The molecule has 0 aromatic carbocycles. The van der Waals surface area contributed by atoms with Gasteiger partial charge < -0.3 is 10.2 Å². The van der Waals surface area contributed by atoms with Gasteiger partial charge in [0.15, 0.2) is 0 Å². The van der Waals surface area contributed by atoms with Crippen LogP contribution in [-0.2, 0) is 4.79 Å². The van der Waals surface area contributed by atoms with Crippen LogP contribution in [0.25, 0.3) is 0 Å². The smallest absolute Gasteiger partial charge is 0.307 e. The van der Waals surface area contributed by atoms with E-state index in [0.717, 1.165) is 18.4 Å². The average Bonchev–Trinajstić information content (AvgIpc) is 2.47. The van der Waals surface area contributed by atoms with Crippen LogP contribution in [0.1, 0.15) is 40.0 Å². The summed E-state index contributed by atoms with van der Waals surface area (Å²) in [5.41, 5.74) is 0.958. The first-order valence-electron chi connectivity index (χ1n) is 5.90. The van der Waals surface area contributed by atoms with Gasteiger partial charge in [-0.05, 0) is 29.7 Å². The summed E-state index contributed by atoms with van der Waals surface area (Å²) < 4.78 is 0. The third-order valence-corrected chi connectivity index (χ3v) is 5.13. The van der Waals surface area contributed by atoms with E-state index in [9.17, 15) is 9.90 Å². The van der Waals surface area contributed by atoms with Crippen LogP contribution in [0.15, 0.2) is 11.6 Å². The highest BCUT2D eigenvalue weighted by atomic mass is 16.4. The van der Waals surface area contributed by atoms with Gasteiger partial charge in [-0.25, -0.2) is 0 Å². The minimum atomic E-state index is -0.828. The van der Waals surface area contributed by atoms with Crippen LogP contribution in [0.3, 0.4) is 0 Å². The van der Waals surface area contributed by atoms with E-state index in [1.165, 1.54) is 0 Å². The number of hydrogen-bond donors (Lipinski definition) is 2. The fourth-order valence-corrected chi connectivity index (χ4v) is 3.62. The summed E-state index contributed by atoms with van der Waals surface area (Å²) >= 11 is 0. The second-order valence-corrected chi connectivity index (χ2v) is 5.93. The molecule has 2 saturated carbocycles. The Morgan fingerprint density at radius 2 is 2.12 bits per heavy atom. The van der Waals surface area contributed by atoms with Gasteiger partial charge in [-0.1, -0.05) is 26.8 Å². The summed E-state index contributed by atoms with van der Waals surface area (Å²) in [5.74, 6) is -0.475. The minimum Gasteiger partial charge on any atom is -0.481 e. The van der Waals surface area contributed by atoms with Gasteiger partial charge >= 0.3 is 5.97 Å². The summed E-state index contributed by atoms with van der Waals surface area (Å²) in [7, 11) is 0. The molecule has 0 spiro atoms. The van der Waals surface area contributed by atoms with Crippen molar-refractivity contribution in [3.8, 4) is 0 Å². The highest BCUT2D eigenvalue weighted by molar-refractivity contribution is 5.69. The molecule has 0 radical (unpaired) electrons. The minimum absolute atomic E-state index is 0.0229.